The molecule has 1 heterocycles. The van der Waals surface area contributed by atoms with E-state index in [-0.39, 0.29) is 11.9 Å². The average Bonchev–Trinajstić information content (AvgIpc) is 2.59. The number of benzene rings is 1. The molecule has 2 aromatic rings. The van der Waals surface area contributed by atoms with Gasteiger partial charge in [-0.2, -0.15) is 0 Å². The fourth-order valence-electron chi connectivity index (χ4n) is 3.18. The van der Waals surface area contributed by atoms with Crippen LogP contribution in [0.4, 0.5) is 5.82 Å². The van der Waals surface area contributed by atoms with Gasteiger partial charge in [-0.05, 0) is 49.8 Å². The molecule has 0 saturated heterocycles. The van der Waals surface area contributed by atoms with E-state index in [2.05, 4.69) is 31.2 Å². The Bertz CT molecular complexity index is 699. The third-order valence-corrected chi connectivity index (χ3v) is 5.03. The van der Waals surface area contributed by atoms with Gasteiger partial charge in [-0.3, -0.25) is 4.79 Å². The number of anilines is 1. The number of hydrogen-bond acceptors (Lipinski definition) is 5. The van der Waals surface area contributed by atoms with Crippen molar-refractivity contribution >= 4 is 38.6 Å². The van der Waals surface area contributed by atoms with Crippen LogP contribution in [-0.4, -0.2) is 29.6 Å². The van der Waals surface area contributed by atoms with Crippen molar-refractivity contribution < 1.29 is 9.53 Å². The van der Waals surface area contributed by atoms with Crippen molar-refractivity contribution in [2.75, 3.05) is 19.0 Å². The molecule has 5 nitrogen and oxygen atoms in total. The fourth-order valence-corrected chi connectivity index (χ4v) is 3.54. The predicted octanol–water partition coefficient (Wildman–Crippen LogP) is 3.78. The molecule has 122 valence electrons. The lowest BCUT2D eigenvalue weighted by molar-refractivity contribution is -0.146. The summed E-state index contributed by atoms with van der Waals surface area (Å²) in [4.78, 5) is 20.2. The summed E-state index contributed by atoms with van der Waals surface area (Å²) in [6.07, 6.45) is 5.50. The minimum absolute atomic E-state index is 0.0666. The van der Waals surface area contributed by atoms with Crippen molar-refractivity contribution in [3.05, 3.63) is 29.0 Å². The molecule has 1 N–H and O–H groups in total. The Kier molecular flexibility index (Phi) is 5.10. The van der Waals surface area contributed by atoms with E-state index in [1.807, 2.05) is 18.2 Å². The number of fused-ring (bicyclic) bond motifs is 1. The van der Waals surface area contributed by atoms with Gasteiger partial charge in [-0.25, -0.2) is 9.97 Å². The summed E-state index contributed by atoms with van der Waals surface area (Å²) in [7, 11) is 1.47. The van der Waals surface area contributed by atoms with Gasteiger partial charge in [0.2, 0.25) is 0 Å². The van der Waals surface area contributed by atoms with Gasteiger partial charge in [-0.15, -0.1) is 0 Å². The van der Waals surface area contributed by atoms with Gasteiger partial charge in [0.25, 0.3) is 0 Å². The maximum atomic E-state index is 11.6. The molecule has 6 heteroatoms. The maximum Gasteiger partial charge on any atom is 0.308 e. The van der Waals surface area contributed by atoms with E-state index in [1.54, 1.807) is 6.33 Å². The summed E-state index contributed by atoms with van der Waals surface area (Å²) in [6, 6.07) is 5.99. The molecule has 1 saturated carbocycles. The summed E-state index contributed by atoms with van der Waals surface area (Å²) in [5, 5.41) is 4.47. The highest BCUT2D eigenvalue weighted by Gasteiger charge is 2.26. The SMILES string of the molecule is COC(=O)C1CCC(CNc2ncnc3ccc(Br)cc23)CC1. The van der Waals surface area contributed by atoms with E-state index in [4.69, 9.17) is 4.74 Å². The molecule has 0 spiro atoms. The molecule has 1 aromatic carbocycles. The second-order valence-corrected chi connectivity index (χ2v) is 6.92. The second-order valence-electron chi connectivity index (χ2n) is 6.01. The van der Waals surface area contributed by atoms with E-state index in [9.17, 15) is 4.79 Å². The zero-order chi connectivity index (χ0) is 16.2. The van der Waals surface area contributed by atoms with Crippen LogP contribution in [0.2, 0.25) is 0 Å². The van der Waals surface area contributed by atoms with Gasteiger partial charge in [-0.1, -0.05) is 15.9 Å². The Balaban J connectivity index is 1.61. The Morgan fingerprint density at radius 3 is 2.83 bits per heavy atom. The highest BCUT2D eigenvalue weighted by molar-refractivity contribution is 9.10. The Hall–Kier alpha value is -1.69. The van der Waals surface area contributed by atoms with E-state index in [1.165, 1.54) is 7.11 Å². The molecule has 1 aliphatic rings. The van der Waals surface area contributed by atoms with Gasteiger partial charge in [0, 0.05) is 16.4 Å². The normalized spacial score (nSPS) is 21.1. The van der Waals surface area contributed by atoms with Crippen LogP contribution in [-0.2, 0) is 9.53 Å². The Morgan fingerprint density at radius 1 is 1.30 bits per heavy atom. The molecule has 23 heavy (non-hydrogen) atoms. The largest absolute Gasteiger partial charge is 0.469 e. The predicted molar refractivity (Wildman–Crippen MR) is 93.2 cm³/mol. The summed E-state index contributed by atoms with van der Waals surface area (Å²) >= 11 is 3.49. The number of nitrogens with one attached hydrogen (secondary N) is 1. The second kappa shape index (κ2) is 7.25. The summed E-state index contributed by atoms with van der Waals surface area (Å²) in [6.45, 7) is 0.868. The zero-order valence-electron chi connectivity index (χ0n) is 13.1. The lowest BCUT2D eigenvalue weighted by Gasteiger charge is -2.27. The summed E-state index contributed by atoms with van der Waals surface area (Å²) in [5.74, 6) is 1.44. The molecule has 0 bridgehead atoms. The Morgan fingerprint density at radius 2 is 2.09 bits per heavy atom. The van der Waals surface area contributed by atoms with Crippen LogP contribution in [0.15, 0.2) is 29.0 Å². The summed E-state index contributed by atoms with van der Waals surface area (Å²) < 4.78 is 5.85. The van der Waals surface area contributed by atoms with Crippen molar-refractivity contribution in [2.45, 2.75) is 25.7 Å². The number of aromatic nitrogens is 2. The molecule has 3 rings (SSSR count). The van der Waals surface area contributed by atoms with Crippen LogP contribution in [0.3, 0.4) is 0 Å². The highest BCUT2D eigenvalue weighted by Crippen LogP contribution is 2.30. The first-order chi connectivity index (χ1) is 11.2. The minimum atomic E-state index is -0.0666. The summed E-state index contributed by atoms with van der Waals surface area (Å²) in [5.41, 5.74) is 0.931. The van der Waals surface area contributed by atoms with Crippen molar-refractivity contribution in [1.82, 2.24) is 9.97 Å². The first-order valence-corrected chi connectivity index (χ1v) is 8.68. The quantitative estimate of drug-likeness (QED) is 0.821. The molecule has 0 unspecified atom stereocenters. The number of carbonyl (C=O) groups excluding carboxylic acids is 1. The molecule has 0 radical (unpaired) electrons. The molecule has 0 aliphatic heterocycles. The number of nitrogens with zero attached hydrogens (tertiary/aromatic N) is 2. The van der Waals surface area contributed by atoms with Crippen LogP contribution in [0.5, 0.6) is 0 Å². The number of rotatable bonds is 4. The Labute approximate surface area is 144 Å². The maximum absolute atomic E-state index is 11.6. The third kappa shape index (κ3) is 3.80. The number of carbonyl (C=O) groups is 1. The fraction of sp³-hybridized carbons (Fsp3) is 0.471. The number of hydrogen-bond donors (Lipinski definition) is 1. The number of ether oxygens (including phenoxy) is 1. The molecule has 0 atom stereocenters. The van der Waals surface area contributed by atoms with Crippen LogP contribution < -0.4 is 5.32 Å². The minimum Gasteiger partial charge on any atom is -0.469 e. The molecule has 1 aromatic heterocycles. The van der Waals surface area contributed by atoms with Crippen molar-refractivity contribution in [1.29, 1.82) is 0 Å². The topological polar surface area (TPSA) is 64.1 Å². The zero-order valence-corrected chi connectivity index (χ0v) is 14.7. The first-order valence-electron chi connectivity index (χ1n) is 7.89. The van der Waals surface area contributed by atoms with Gasteiger partial charge >= 0.3 is 5.97 Å². The molecular formula is C17H20BrN3O2. The van der Waals surface area contributed by atoms with E-state index in [0.717, 1.165) is 53.4 Å². The van der Waals surface area contributed by atoms with E-state index >= 15 is 0 Å². The van der Waals surface area contributed by atoms with Crippen LogP contribution in [0.1, 0.15) is 25.7 Å². The molecule has 1 aliphatic carbocycles. The van der Waals surface area contributed by atoms with Crippen molar-refractivity contribution in [3.8, 4) is 0 Å². The van der Waals surface area contributed by atoms with Crippen LogP contribution >= 0.6 is 15.9 Å². The van der Waals surface area contributed by atoms with Gasteiger partial charge < -0.3 is 10.1 Å². The van der Waals surface area contributed by atoms with Crippen molar-refractivity contribution in [2.24, 2.45) is 11.8 Å². The van der Waals surface area contributed by atoms with E-state index in [0.29, 0.717) is 5.92 Å². The monoisotopic (exact) mass is 377 g/mol. The number of methoxy groups -OCH3 is 1. The van der Waals surface area contributed by atoms with Crippen LogP contribution in [0.25, 0.3) is 10.9 Å². The number of halogens is 1. The lowest BCUT2D eigenvalue weighted by Crippen LogP contribution is -2.26. The first kappa shape index (κ1) is 16.2. The van der Waals surface area contributed by atoms with Gasteiger partial charge in [0.1, 0.15) is 12.1 Å². The van der Waals surface area contributed by atoms with Gasteiger partial charge in [0.15, 0.2) is 0 Å². The molecule has 1 fully saturated rings. The van der Waals surface area contributed by atoms with E-state index < -0.39 is 0 Å². The van der Waals surface area contributed by atoms with Crippen LogP contribution in [0, 0.1) is 11.8 Å². The molecule has 0 amide bonds. The van der Waals surface area contributed by atoms with Gasteiger partial charge in [0.05, 0.1) is 18.5 Å². The smallest absolute Gasteiger partial charge is 0.308 e. The van der Waals surface area contributed by atoms with Crippen molar-refractivity contribution in [3.63, 3.8) is 0 Å². The third-order valence-electron chi connectivity index (χ3n) is 4.54. The molecular weight excluding hydrogens is 358 g/mol. The average molecular weight is 378 g/mol. The highest BCUT2D eigenvalue weighted by atomic mass is 79.9. The standard InChI is InChI=1S/C17H20BrN3O2/c1-23-17(22)12-4-2-11(3-5-12)9-19-16-14-8-13(18)6-7-15(14)20-10-21-16/h6-8,10-12H,2-5,9H2,1H3,(H,19,20,21). The lowest BCUT2D eigenvalue weighted by atomic mass is 9.82. The number of esters is 1.